The zero-order valence-electron chi connectivity index (χ0n) is 15.9. The maximum Gasteiger partial charge on any atom is 0.237 e. The Balaban J connectivity index is 2.50. The van der Waals surface area contributed by atoms with Gasteiger partial charge in [0.25, 0.3) is 0 Å². The molecule has 1 aliphatic rings. The van der Waals surface area contributed by atoms with E-state index in [0.717, 1.165) is 6.42 Å². The summed E-state index contributed by atoms with van der Waals surface area (Å²) in [7, 11) is 1.82. The summed E-state index contributed by atoms with van der Waals surface area (Å²) in [4.78, 5) is 26.3. The van der Waals surface area contributed by atoms with Crippen LogP contribution in [0, 0.1) is 11.8 Å². The van der Waals surface area contributed by atoms with Gasteiger partial charge in [-0.15, -0.1) is 0 Å². The van der Waals surface area contributed by atoms with Gasteiger partial charge in [0.15, 0.2) is 0 Å². The summed E-state index contributed by atoms with van der Waals surface area (Å²) in [6, 6.07) is -0.0596. The molecule has 1 aliphatic carbocycles. The monoisotopic (exact) mass is 325 g/mol. The van der Waals surface area contributed by atoms with Crippen molar-refractivity contribution >= 4 is 11.8 Å². The van der Waals surface area contributed by atoms with Gasteiger partial charge in [-0.1, -0.05) is 26.7 Å². The van der Waals surface area contributed by atoms with E-state index in [1.807, 2.05) is 34.7 Å². The second-order valence-corrected chi connectivity index (χ2v) is 8.27. The van der Waals surface area contributed by atoms with Crippen molar-refractivity contribution in [2.24, 2.45) is 11.8 Å². The maximum atomic E-state index is 12.5. The van der Waals surface area contributed by atoms with Crippen LogP contribution in [0.3, 0.4) is 0 Å². The number of hydrogen-bond acceptors (Lipinski definition) is 3. The highest BCUT2D eigenvalue weighted by Crippen LogP contribution is 2.29. The highest BCUT2D eigenvalue weighted by atomic mass is 16.2. The lowest BCUT2D eigenvalue weighted by molar-refractivity contribution is -0.129. The Kier molecular flexibility index (Phi) is 7.05. The number of carbonyl (C=O) groups excluding carboxylic acids is 2. The first-order chi connectivity index (χ1) is 10.5. The molecule has 0 aromatic carbocycles. The lowest BCUT2D eigenvalue weighted by atomic mass is 9.78. The van der Waals surface area contributed by atoms with Crippen molar-refractivity contribution in [1.82, 2.24) is 15.5 Å². The average molecular weight is 325 g/mol. The summed E-state index contributed by atoms with van der Waals surface area (Å²) < 4.78 is 0. The predicted molar refractivity (Wildman–Crippen MR) is 94.1 cm³/mol. The number of likely N-dealkylation sites (N-methyl/N-ethyl adjacent to an activating group) is 1. The van der Waals surface area contributed by atoms with Gasteiger partial charge >= 0.3 is 0 Å². The third-order valence-corrected chi connectivity index (χ3v) is 4.98. The lowest BCUT2D eigenvalue weighted by Crippen LogP contribution is -2.53. The minimum absolute atomic E-state index is 0.0157. The largest absolute Gasteiger partial charge is 0.352 e. The smallest absolute Gasteiger partial charge is 0.237 e. The first kappa shape index (κ1) is 19.9. The van der Waals surface area contributed by atoms with Crippen molar-refractivity contribution in [2.75, 3.05) is 13.6 Å². The van der Waals surface area contributed by atoms with Gasteiger partial charge in [0.1, 0.15) is 0 Å². The fourth-order valence-electron chi connectivity index (χ4n) is 3.11. The summed E-state index contributed by atoms with van der Waals surface area (Å²) in [5, 5.41) is 6.11. The maximum absolute atomic E-state index is 12.5. The molecule has 1 fully saturated rings. The second kappa shape index (κ2) is 8.13. The Morgan fingerprint density at radius 1 is 1.22 bits per heavy atom. The van der Waals surface area contributed by atoms with Crippen LogP contribution in [-0.2, 0) is 9.59 Å². The molecular formula is C18H35N3O2. The summed E-state index contributed by atoms with van der Waals surface area (Å²) in [6.07, 6.45) is 3.48. The molecule has 0 saturated heterocycles. The number of nitrogens with zero attached hydrogens (tertiary/aromatic N) is 1. The van der Waals surface area contributed by atoms with Crippen molar-refractivity contribution in [3.63, 3.8) is 0 Å². The summed E-state index contributed by atoms with van der Waals surface area (Å²) in [5.74, 6) is 1.12. The van der Waals surface area contributed by atoms with Gasteiger partial charge in [-0.2, -0.15) is 0 Å². The van der Waals surface area contributed by atoms with Crippen LogP contribution < -0.4 is 10.6 Å². The summed E-state index contributed by atoms with van der Waals surface area (Å²) >= 11 is 0. The molecule has 0 unspecified atom stereocenters. The highest BCUT2D eigenvalue weighted by Gasteiger charge is 2.30. The third kappa shape index (κ3) is 6.50. The molecule has 0 spiro atoms. The topological polar surface area (TPSA) is 61.4 Å². The van der Waals surface area contributed by atoms with Gasteiger partial charge in [0.05, 0.1) is 12.6 Å². The quantitative estimate of drug-likeness (QED) is 0.814. The highest BCUT2D eigenvalue weighted by molar-refractivity contribution is 5.83. The molecule has 23 heavy (non-hydrogen) atoms. The van der Waals surface area contributed by atoms with Gasteiger partial charge in [-0.05, 0) is 53.0 Å². The van der Waals surface area contributed by atoms with Gasteiger partial charge in [-0.25, -0.2) is 0 Å². The van der Waals surface area contributed by atoms with E-state index in [-0.39, 0.29) is 36.0 Å². The van der Waals surface area contributed by atoms with Crippen molar-refractivity contribution in [3.8, 4) is 0 Å². The van der Waals surface area contributed by atoms with Crippen LogP contribution in [0.4, 0.5) is 0 Å². The molecule has 5 nitrogen and oxygen atoms in total. The van der Waals surface area contributed by atoms with Gasteiger partial charge < -0.3 is 10.6 Å². The van der Waals surface area contributed by atoms with E-state index in [1.54, 1.807) is 4.90 Å². The van der Waals surface area contributed by atoms with E-state index in [4.69, 9.17) is 0 Å². The van der Waals surface area contributed by atoms with E-state index < -0.39 is 0 Å². The lowest BCUT2D eigenvalue weighted by Gasteiger charge is -2.36. The number of amides is 2. The minimum Gasteiger partial charge on any atom is -0.352 e. The van der Waals surface area contributed by atoms with E-state index in [0.29, 0.717) is 11.8 Å². The molecular weight excluding hydrogens is 290 g/mol. The predicted octanol–water partition coefficient (Wildman–Crippen LogP) is 2.16. The Bertz CT molecular complexity index is 417. The molecule has 0 aromatic heterocycles. The molecule has 1 rings (SSSR count). The number of carbonyl (C=O) groups is 2. The van der Waals surface area contributed by atoms with E-state index in [2.05, 4.69) is 24.5 Å². The van der Waals surface area contributed by atoms with Crippen LogP contribution in [0.2, 0.25) is 0 Å². The molecule has 2 N–H and O–H groups in total. The van der Waals surface area contributed by atoms with Crippen LogP contribution >= 0.6 is 0 Å². The van der Waals surface area contributed by atoms with Crippen LogP contribution in [0.1, 0.15) is 60.8 Å². The van der Waals surface area contributed by atoms with Crippen molar-refractivity contribution in [3.05, 3.63) is 0 Å². The number of hydrogen-bond donors (Lipinski definition) is 2. The molecule has 134 valence electrons. The fraction of sp³-hybridized carbons (Fsp3) is 0.889. The first-order valence-corrected chi connectivity index (χ1v) is 8.83. The Hall–Kier alpha value is -1.10. The SMILES string of the molecule is C[C@@H]1[C@@H](C)CCC[C@H]1NC(=O)[C@@H](C)N(C)CC(=O)NC(C)(C)C. The van der Waals surface area contributed by atoms with Crippen LogP contribution in [0.25, 0.3) is 0 Å². The molecule has 5 heteroatoms. The number of nitrogens with one attached hydrogen (secondary N) is 2. The molecule has 0 heterocycles. The molecule has 1 saturated carbocycles. The minimum atomic E-state index is -0.315. The third-order valence-electron chi connectivity index (χ3n) is 4.98. The molecule has 0 aromatic rings. The number of rotatable bonds is 5. The van der Waals surface area contributed by atoms with E-state index in [1.165, 1.54) is 12.8 Å². The van der Waals surface area contributed by atoms with Crippen molar-refractivity contribution < 1.29 is 9.59 Å². The Morgan fingerprint density at radius 2 is 1.83 bits per heavy atom. The average Bonchev–Trinajstić information content (AvgIpc) is 2.40. The van der Waals surface area contributed by atoms with Gasteiger partial charge in [-0.3, -0.25) is 14.5 Å². The normalized spacial score (nSPS) is 26.7. The zero-order chi connectivity index (χ0) is 17.8. The molecule has 0 aliphatic heterocycles. The Labute approximate surface area is 141 Å². The zero-order valence-corrected chi connectivity index (χ0v) is 15.9. The van der Waals surface area contributed by atoms with E-state index in [9.17, 15) is 9.59 Å². The molecule has 4 atom stereocenters. The second-order valence-electron chi connectivity index (χ2n) is 8.27. The van der Waals surface area contributed by atoms with Gasteiger partial charge in [0, 0.05) is 11.6 Å². The fourth-order valence-corrected chi connectivity index (χ4v) is 3.11. The standard InChI is InChI=1S/C18H35N3O2/c1-12-9-8-10-15(13(12)2)19-17(23)14(3)21(7)11-16(22)20-18(4,5)6/h12-15H,8-11H2,1-7H3,(H,19,23)(H,20,22)/t12-,13+,14+,15+/m0/s1. The van der Waals surface area contributed by atoms with Gasteiger partial charge in [0.2, 0.25) is 11.8 Å². The van der Waals surface area contributed by atoms with E-state index >= 15 is 0 Å². The molecule has 2 amide bonds. The first-order valence-electron chi connectivity index (χ1n) is 8.83. The Morgan fingerprint density at radius 3 is 2.39 bits per heavy atom. The summed E-state index contributed by atoms with van der Waals surface area (Å²) in [6.45, 7) is 12.4. The van der Waals surface area contributed by atoms with Crippen LogP contribution in [-0.4, -0.2) is 47.9 Å². The van der Waals surface area contributed by atoms with Crippen LogP contribution in [0.5, 0.6) is 0 Å². The van der Waals surface area contributed by atoms with Crippen molar-refractivity contribution in [1.29, 1.82) is 0 Å². The van der Waals surface area contributed by atoms with Crippen LogP contribution in [0.15, 0.2) is 0 Å². The molecule has 0 radical (unpaired) electrons. The van der Waals surface area contributed by atoms with Crippen molar-refractivity contribution in [2.45, 2.75) is 78.4 Å². The summed E-state index contributed by atoms with van der Waals surface area (Å²) in [5.41, 5.74) is -0.253. The molecule has 0 bridgehead atoms.